The minimum atomic E-state index is -0.878. The average molecular weight is 815 g/mol. The molecule has 58 heavy (non-hydrogen) atoms. The number of ether oxygens (including phenoxy) is 3. The number of likely N-dealkylation sites (N-methyl/N-ethyl adjacent to an activating group) is 1. The van der Waals surface area contributed by atoms with Crippen LogP contribution in [0.25, 0.3) is 0 Å². The number of allylic oxidation sites excluding steroid dienone is 10. The van der Waals surface area contributed by atoms with Gasteiger partial charge in [0.2, 0.25) is 0 Å². The number of quaternary nitrogens is 1. The van der Waals surface area contributed by atoms with Crippen LogP contribution in [0.4, 0.5) is 0 Å². The molecule has 0 saturated heterocycles. The molecule has 0 aliphatic heterocycles. The van der Waals surface area contributed by atoms with Crippen molar-refractivity contribution in [2.45, 2.75) is 199 Å². The Bertz CT molecular complexity index is 1130. The number of rotatable bonds is 41. The minimum Gasteiger partial charge on any atom is -0.477 e. The van der Waals surface area contributed by atoms with Crippen LogP contribution in [0.5, 0.6) is 0 Å². The van der Waals surface area contributed by atoms with Gasteiger partial charge in [-0.3, -0.25) is 9.59 Å². The summed E-state index contributed by atoms with van der Waals surface area (Å²) >= 11 is 0. The van der Waals surface area contributed by atoms with E-state index in [0.29, 0.717) is 19.3 Å². The number of carboxylic acids is 1. The van der Waals surface area contributed by atoms with Crippen molar-refractivity contribution in [3.8, 4) is 0 Å². The Morgan fingerprint density at radius 3 is 1.34 bits per heavy atom. The lowest BCUT2D eigenvalue weighted by molar-refractivity contribution is -0.887. The standard InChI is InChI=1S/C50H87NO7/c1-6-8-10-12-14-16-18-20-22-23-24-25-26-27-29-31-33-35-37-39-41-49(53)58-46(44-56-43-42-47(50(54)55)51(3,4)5)45-57-48(52)40-38-36-34-32-30-28-21-19-17-15-13-11-9-7-2/h8-11,14-17,20,22,46-47H,6-7,12-13,18-19,21,23-45H2,1-5H3/p+1/b10-8+,11-9+,16-14+,17-15+,22-20+. The van der Waals surface area contributed by atoms with Crippen molar-refractivity contribution in [1.82, 2.24) is 0 Å². The van der Waals surface area contributed by atoms with Crippen molar-refractivity contribution in [1.29, 1.82) is 0 Å². The van der Waals surface area contributed by atoms with Gasteiger partial charge in [0.05, 0.1) is 34.4 Å². The van der Waals surface area contributed by atoms with E-state index in [2.05, 4.69) is 74.6 Å². The highest BCUT2D eigenvalue weighted by Crippen LogP contribution is 2.15. The fourth-order valence-electron chi connectivity index (χ4n) is 6.61. The van der Waals surface area contributed by atoms with Gasteiger partial charge >= 0.3 is 17.9 Å². The van der Waals surface area contributed by atoms with Gasteiger partial charge in [-0.15, -0.1) is 0 Å². The molecule has 0 radical (unpaired) electrons. The SMILES string of the molecule is CC/C=C/C/C=C/C/C=C/CCCCCCCCCCCCC(=O)OC(COCCC(C(=O)O)[N+](C)(C)C)COC(=O)CCCCCCCCC/C=C/C/C=C/CC. The van der Waals surface area contributed by atoms with E-state index in [1.807, 2.05) is 21.1 Å². The van der Waals surface area contributed by atoms with Crippen LogP contribution in [0.3, 0.4) is 0 Å². The van der Waals surface area contributed by atoms with E-state index < -0.39 is 18.1 Å². The lowest BCUT2D eigenvalue weighted by atomic mass is 10.0. The molecule has 0 aromatic carbocycles. The number of aliphatic carboxylic acids is 1. The van der Waals surface area contributed by atoms with Crippen LogP contribution in [0.2, 0.25) is 0 Å². The van der Waals surface area contributed by atoms with E-state index in [9.17, 15) is 19.5 Å². The number of carbonyl (C=O) groups excluding carboxylic acids is 2. The summed E-state index contributed by atoms with van der Waals surface area (Å²) in [5.74, 6) is -1.48. The van der Waals surface area contributed by atoms with Gasteiger partial charge in [0.15, 0.2) is 12.1 Å². The zero-order chi connectivity index (χ0) is 42.8. The molecular formula is C50H88NO7+. The predicted molar refractivity (Wildman–Crippen MR) is 243 cm³/mol. The minimum absolute atomic E-state index is 0.0555. The number of unbranched alkanes of at least 4 members (excludes halogenated alkanes) is 17. The quantitative estimate of drug-likeness (QED) is 0.0284. The van der Waals surface area contributed by atoms with Gasteiger partial charge in [0.25, 0.3) is 0 Å². The van der Waals surface area contributed by atoms with Crippen LogP contribution in [0.1, 0.15) is 187 Å². The maximum Gasteiger partial charge on any atom is 0.362 e. The smallest absolute Gasteiger partial charge is 0.362 e. The van der Waals surface area contributed by atoms with Crippen molar-refractivity contribution < 1.29 is 38.2 Å². The zero-order valence-electron chi connectivity index (χ0n) is 38.0. The Morgan fingerprint density at radius 1 is 0.517 bits per heavy atom. The summed E-state index contributed by atoms with van der Waals surface area (Å²) in [5.41, 5.74) is 0. The number of hydrogen-bond donors (Lipinski definition) is 1. The van der Waals surface area contributed by atoms with Crippen molar-refractivity contribution in [3.63, 3.8) is 0 Å². The molecule has 0 amide bonds. The Hall–Kier alpha value is -2.97. The third-order valence-electron chi connectivity index (χ3n) is 10.2. The third-order valence-corrected chi connectivity index (χ3v) is 10.2. The highest BCUT2D eigenvalue weighted by Gasteiger charge is 2.31. The van der Waals surface area contributed by atoms with Crippen LogP contribution >= 0.6 is 0 Å². The van der Waals surface area contributed by atoms with Crippen molar-refractivity contribution >= 4 is 17.9 Å². The highest BCUT2D eigenvalue weighted by atomic mass is 16.6. The van der Waals surface area contributed by atoms with Crippen LogP contribution in [0, 0.1) is 0 Å². The summed E-state index contributed by atoms with van der Waals surface area (Å²) < 4.78 is 17.3. The molecule has 0 heterocycles. The summed E-state index contributed by atoms with van der Waals surface area (Å²) in [6, 6.07) is -0.618. The first-order valence-electron chi connectivity index (χ1n) is 23.3. The lowest BCUT2D eigenvalue weighted by Crippen LogP contribution is -2.50. The van der Waals surface area contributed by atoms with Crippen molar-refractivity contribution in [3.05, 3.63) is 60.8 Å². The molecular weight excluding hydrogens is 727 g/mol. The monoisotopic (exact) mass is 815 g/mol. The fourth-order valence-corrected chi connectivity index (χ4v) is 6.61. The molecule has 0 aromatic heterocycles. The summed E-state index contributed by atoms with van der Waals surface area (Å²) in [4.78, 5) is 37.0. The van der Waals surface area contributed by atoms with Gasteiger partial charge in [0.1, 0.15) is 6.61 Å². The molecule has 0 spiro atoms. The molecule has 0 rings (SSSR count). The molecule has 0 bridgehead atoms. The summed E-state index contributed by atoms with van der Waals surface area (Å²) in [6.07, 6.45) is 49.8. The molecule has 0 aliphatic carbocycles. The van der Waals surface area contributed by atoms with E-state index in [1.54, 1.807) is 0 Å². The van der Waals surface area contributed by atoms with Gasteiger partial charge in [-0.2, -0.15) is 0 Å². The Kier molecular flexibility index (Phi) is 38.7. The first-order valence-corrected chi connectivity index (χ1v) is 23.3. The number of carboxylic acid groups (broad SMARTS) is 1. The van der Waals surface area contributed by atoms with Gasteiger partial charge < -0.3 is 23.8 Å². The molecule has 0 saturated carbocycles. The molecule has 8 nitrogen and oxygen atoms in total. The maximum atomic E-state index is 12.8. The normalized spacial score (nSPS) is 13.5. The molecule has 8 heteroatoms. The highest BCUT2D eigenvalue weighted by molar-refractivity contribution is 5.72. The predicted octanol–water partition coefficient (Wildman–Crippen LogP) is 13.0. The number of nitrogens with zero attached hydrogens (tertiary/aromatic N) is 1. The number of carbonyl (C=O) groups is 3. The molecule has 0 aliphatic rings. The second-order valence-corrected chi connectivity index (χ2v) is 16.6. The third kappa shape index (κ3) is 38.5. The lowest BCUT2D eigenvalue weighted by Gasteiger charge is -2.31. The Balaban J connectivity index is 4.30. The van der Waals surface area contributed by atoms with E-state index in [-0.39, 0.29) is 36.2 Å². The van der Waals surface area contributed by atoms with Crippen LogP contribution < -0.4 is 0 Å². The number of hydrogen-bond acceptors (Lipinski definition) is 6. The zero-order valence-corrected chi connectivity index (χ0v) is 38.0. The van der Waals surface area contributed by atoms with Gasteiger partial charge in [-0.25, -0.2) is 4.79 Å². The molecule has 0 fully saturated rings. The first kappa shape index (κ1) is 55.0. The average Bonchev–Trinajstić information content (AvgIpc) is 3.18. The Morgan fingerprint density at radius 2 is 0.914 bits per heavy atom. The van der Waals surface area contributed by atoms with Crippen LogP contribution in [0.15, 0.2) is 60.8 Å². The summed E-state index contributed by atoms with van der Waals surface area (Å²) in [7, 11) is 5.52. The maximum absolute atomic E-state index is 12.8. The van der Waals surface area contributed by atoms with Crippen molar-refractivity contribution in [2.75, 3.05) is 41.0 Å². The van der Waals surface area contributed by atoms with Gasteiger partial charge in [-0.1, -0.05) is 158 Å². The van der Waals surface area contributed by atoms with Crippen molar-refractivity contribution in [2.24, 2.45) is 0 Å². The van der Waals surface area contributed by atoms with Crippen LogP contribution in [-0.4, -0.2) is 80.6 Å². The largest absolute Gasteiger partial charge is 0.477 e. The molecule has 1 N–H and O–H groups in total. The molecule has 334 valence electrons. The van der Waals surface area contributed by atoms with Crippen LogP contribution in [-0.2, 0) is 28.6 Å². The van der Waals surface area contributed by atoms with E-state index in [1.165, 1.54) is 77.0 Å². The summed E-state index contributed by atoms with van der Waals surface area (Å²) in [5, 5.41) is 9.63. The first-order chi connectivity index (χ1) is 28.1. The van der Waals surface area contributed by atoms with E-state index in [4.69, 9.17) is 14.2 Å². The molecule has 2 unspecified atom stereocenters. The van der Waals surface area contributed by atoms with E-state index in [0.717, 1.165) is 77.0 Å². The topological polar surface area (TPSA) is 99.1 Å². The second-order valence-electron chi connectivity index (χ2n) is 16.6. The van der Waals surface area contributed by atoms with E-state index >= 15 is 0 Å². The Labute approximate surface area is 356 Å². The van der Waals surface area contributed by atoms with Gasteiger partial charge in [0, 0.05) is 19.3 Å². The summed E-state index contributed by atoms with van der Waals surface area (Å²) in [6.45, 7) is 4.51. The fraction of sp³-hybridized carbons (Fsp3) is 0.740. The van der Waals surface area contributed by atoms with Gasteiger partial charge in [-0.05, 0) is 70.6 Å². The molecule has 0 aromatic rings. The second kappa shape index (κ2) is 40.8. The number of esters is 2. The molecule has 2 atom stereocenters.